The fourth-order valence-corrected chi connectivity index (χ4v) is 3.88. The third-order valence-corrected chi connectivity index (χ3v) is 5.80. The van der Waals surface area contributed by atoms with Crippen LogP contribution in [0.4, 0.5) is 0 Å². The fraction of sp³-hybridized carbons (Fsp3) is 0.385. The molecular weight excluding hydrogens is 384 g/mol. The standard InChI is InChI=1S/C26H34N4O/c1-5-29(6-2)17-11-13-21(4)27-26(31)25-19-24(22-14-8-7-9-15-22)28-30(25)23-16-10-12-20(3)18-23/h7-10,12,14-16,18-19,21H,5-6,11,13,17H2,1-4H3,(H,27,31)/p+1/t21-/m0/s1. The molecule has 3 rings (SSSR count). The molecule has 2 aromatic carbocycles. The predicted octanol–water partition coefficient (Wildman–Crippen LogP) is 3.67. The topological polar surface area (TPSA) is 51.4 Å². The van der Waals surface area contributed by atoms with Crippen LogP contribution in [0.1, 0.15) is 49.7 Å². The average molecular weight is 420 g/mol. The second-order valence-corrected chi connectivity index (χ2v) is 8.26. The first kappa shape index (κ1) is 22.8. The van der Waals surface area contributed by atoms with Crippen LogP contribution < -0.4 is 10.2 Å². The van der Waals surface area contributed by atoms with Crippen molar-refractivity contribution in [1.82, 2.24) is 15.1 Å². The summed E-state index contributed by atoms with van der Waals surface area (Å²) in [7, 11) is 0. The van der Waals surface area contributed by atoms with E-state index in [1.54, 1.807) is 9.58 Å². The van der Waals surface area contributed by atoms with Crippen molar-refractivity contribution in [2.45, 2.75) is 46.6 Å². The summed E-state index contributed by atoms with van der Waals surface area (Å²) in [5, 5.41) is 7.97. The highest BCUT2D eigenvalue weighted by Gasteiger charge is 2.19. The highest BCUT2D eigenvalue weighted by atomic mass is 16.2. The van der Waals surface area contributed by atoms with Crippen molar-refractivity contribution in [2.24, 2.45) is 0 Å². The summed E-state index contributed by atoms with van der Waals surface area (Å²) in [6.07, 6.45) is 2.07. The van der Waals surface area contributed by atoms with Gasteiger partial charge in [0.05, 0.1) is 31.0 Å². The van der Waals surface area contributed by atoms with Crippen molar-refractivity contribution in [3.05, 3.63) is 71.9 Å². The molecule has 0 bridgehead atoms. The number of hydrogen-bond acceptors (Lipinski definition) is 2. The molecule has 0 aliphatic carbocycles. The largest absolute Gasteiger partial charge is 0.348 e. The molecule has 5 nitrogen and oxygen atoms in total. The first-order chi connectivity index (χ1) is 15.0. The first-order valence-electron chi connectivity index (χ1n) is 11.4. The van der Waals surface area contributed by atoms with Crippen LogP contribution in [-0.2, 0) is 0 Å². The van der Waals surface area contributed by atoms with Gasteiger partial charge in [0.25, 0.3) is 5.91 Å². The maximum Gasteiger partial charge on any atom is 0.270 e. The molecule has 5 heteroatoms. The van der Waals surface area contributed by atoms with Crippen LogP contribution >= 0.6 is 0 Å². The molecule has 0 spiro atoms. The minimum Gasteiger partial charge on any atom is -0.348 e. The molecule has 1 atom stereocenters. The normalized spacial score (nSPS) is 12.2. The van der Waals surface area contributed by atoms with Crippen molar-refractivity contribution in [2.75, 3.05) is 19.6 Å². The molecular formula is C26H35N4O+. The molecule has 1 heterocycles. The zero-order chi connectivity index (χ0) is 22.2. The number of amides is 1. The number of benzene rings is 2. The van der Waals surface area contributed by atoms with Gasteiger partial charge in [0, 0.05) is 11.6 Å². The number of carbonyl (C=O) groups excluding carboxylic acids is 1. The molecule has 3 aromatic rings. The van der Waals surface area contributed by atoms with Gasteiger partial charge in [0.15, 0.2) is 0 Å². The van der Waals surface area contributed by atoms with E-state index in [9.17, 15) is 4.79 Å². The Morgan fingerprint density at radius 2 is 1.81 bits per heavy atom. The quantitative estimate of drug-likeness (QED) is 0.527. The Hall–Kier alpha value is -2.92. The van der Waals surface area contributed by atoms with Crippen molar-refractivity contribution in [3.63, 3.8) is 0 Å². The van der Waals surface area contributed by atoms with Gasteiger partial charge < -0.3 is 10.2 Å². The first-order valence-corrected chi connectivity index (χ1v) is 11.4. The lowest BCUT2D eigenvalue weighted by atomic mass is 10.1. The van der Waals surface area contributed by atoms with Gasteiger partial charge in [-0.1, -0.05) is 42.5 Å². The van der Waals surface area contributed by atoms with E-state index in [4.69, 9.17) is 5.10 Å². The molecule has 0 aliphatic heterocycles. The van der Waals surface area contributed by atoms with E-state index in [1.807, 2.05) is 61.5 Å². The van der Waals surface area contributed by atoms with E-state index in [1.165, 1.54) is 0 Å². The lowest BCUT2D eigenvalue weighted by Gasteiger charge is -2.18. The lowest BCUT2D eigenvalue weighted by molar-refractivity contribution is -0.896. The summed E-state index contributed by atoms with van der Waals surface area (Å²) in [5.74, 6) is -0.0844. The molecule has 0 aliphatic rings. The molecule has 0 radical (unpaired) electrons. The van der Waals surface area contributed by atoms with E-state index in [-0.39, 0.29) is 11.9 Å². The van der Waals surface area contributed by atoms with E-state index in [0.29, 0.717) is 5.69 Å². The number of hydrogen-bond donors (Lipinski definition) is 2. The SMILES string of the molecule is CC[NH+](CC)CCC[C@H](C)NC(=O)c1cc(-c2ccccc2)nn1-c1cccc(C)c1. The van der Waals surface area contributed by atoms with E-state index in [0.717, 1.165) is 55.0 Å². The monoisotopic (exact) mass is 419 g/mol. The minimum absolute atomic E-state index is 0.0844. The van der Waals surface area contributed by atoms with Crippen LogP contribution in [-0.4, -0.2) is 41.4 Å². The molecule has 1 amide bonds. The number of nitrogens with one attached hydrogen (secondary N) is 2. The van der Waals surface area contributed by atoms with E-state index >= 15 is 0 Å². The lowest BCUT2D eigenvalue weighted by Crippen LogP contribution is -3.11. The summed E-state index contributed by atoms with van der Waals surface area (Å²) in [4.78, 5) is 14.8. The van der Waals surface area contributed by atoms with Gasteiger partial charge in [-0.2, -0.15) is 5.10 Å². The van der Waals surface area contributed by atoms with E-state index in [2.05, 4.69) is 32.2 Å². The Kier molecular flexibility index (Phi) is 8.01. The molecule has 0 saturated heterocycles. The number of aryl methyl sites for hydroxylation is 1. The Balaban J connectivity index is 1.80. The fourth-order valence-electron chi connectivity index (χ4n) is 3.88. The molecule has 0 fully saturated rings. The van der Waals surface area contributed by atoms with Crippen molar-refractivity contribution in [1.29, 1.82) is 0 Å². The highest BCUT2D eigenvalue weighted by molar-refractivity contribution is 5.94. The molecule has 1 aromatic heterocycles. The third kappa shape index (κ3) is 6.05. The van der Waals surface area contributed by atoms with Gasteiger partial charge in [0.2, 0.25) is 0 Å². The summed E-state index contributed by atoms with van der Waals surface area (Å²) in [5.41, 5.74) is 4.38. The van der Waals surface area contributed by atoms with Crippen molar-refractivity contribution in [3.8, 4) is 16.9 Å². The highest BCUT2D eigenvalue weighted by Crippen LogP contribution is 2.22. The number of quaternary nitrogens is 1. The minimum atomic E-state index is -0.0844. The van der Waals surface area contributed by atoms with Gasteiger partial charge in [-0.25, -0.2) is 4.68 Å². The predicted molar refractivity (Wildman–Crippen MR) is 127 cm³/mol. The summed E-state index contributed by atoms with van der Waals surface area (Å²) in [6, 6.07) is 20.1. The van der Waals surface area contributed by atoms with Crippen LogP contribution in [0.3, 0.4) is 0 Å². The van der Waals surface area contributed by atoms with Gasteiger partial charge in [-0.15, -0.1) is 0 Å². The van der Waals surface area contributed by atoms with Gasteiger partial charge in [-0.3, -0.25) is 4.79 Å². The Labute approximate surface area is 186 Å². The van der Waals surface area contributed by atoms with Crippen LogP contribution in [0.5, 0.6) is 0 Å². The Morgan fingerprint density at radius 3 is 2.48 bits per heavy atom. The number of rotatable bonds is 10. The van der Waals surface area contributed by atoms with Gasteiger partial charge in [0.1, 0.15) is 5.69 Å². The van der Waals surface area contributed by atoms with Gasteiger partial charge >= 0.3 is 0 Å². The number of aromatic nitrogens is 2. The van der Waals surface area contributed by atoms with Gasteiger partial charge in [-0.05, 0) is 64.3 Å². The average Bonchev–Trinajstić information content (AvgIpc) is 3.23. The van der Waals surface area contributed by atoms with E-state index < -0.39 is 0 Å². The van der Waals surface area contributed by atoms with Crippen LogP contribution in [0.25, 0.3) is 16.9 Å². The zero-order valence-electron chi connectivity index (χ0n) is 19.2. The van der Waals surface area contributed by atoms with Crippen molar-refractivity contribution >= 4 is 5.91 Å². The number of carbonyl (C=O) groups is 1. The third-order valence-electron chi connectivity index (χ3n) is 5.80. The second kappa shape index (κ2) is 10.9. The number of nitrogens with zero attached hydrogens (tertiary/aromatic N) is 2. The summed E-state index contributed by atoms with van der Waals surface area (Å²) >= 11 is 0. The maximum atomic E-state index is 13.2. The summed E-state index contributed by atoms with van der Waals surface area (Å²) in [6.45, 7) is 12.0. The van der Waals surface area contributed by atoms with Crippen LogP contribution in [0.15, 0.2) is 60.7 Å². The smallest absolute Gasteiger partial charge is 0.270 e. The molecule has 164 valence electrons. The second-order valence-electron chi connectivity index (χ2n) is 8.26. The van der Waals surface area contributed by atoms with Crippen LogP contribution in [0, 0.1) is 6.92 Å². The Bertz CT molecular complexity index is 976. The molecule has 0 unspecified atom stereocenters. The van der Waals surface area contributed by atoms with Crippen molar-refractivity contribution < 1.29 is 9.69 Å². The van der Waals surface area contributed by atoms with Crippen LogP contribution in [0.2, 0.25) is 0 Å². The molecule has 0 saturated carbocycles. The molecule has 2 N–H and O–H groups in total. The summed E-state index contributed by atoms with van der Waals surface area (Å²) < 4.78 is 1.76. The molecule has 31 heavy (non-hydrogen) atoms. The Morgan fingerprint density at radius 1 is 1.06 bits per heavy atom. The zero-order valence-corrected chi connectivity index (χ0v) is 19.2. The maximum absolute atomic E-state index is 13.2.